The zero-order valence-corrected chi connectivity index (χ0v) is 30.7. The molecule has 3 heterocycles. The van der Waals surface area contributed by atoms with Crippen molar-refractivity contribution in [1.82, 2.24) is 19.9 Å². The van der Waals surface area contributed by atoms with Gasteiger partial charge in [-0.2, -0.15) is 0 Å². The van der Waals surface area contributed by atoms with Gasteiger partial charge in [0.1, 0.15) is 11.2 Å². The molecule has 0 N–H and O–H groups in total. The summed E-state index contributed by atoms with van der Waals surface area (Å²) >= 11 is 0. The fourth-order valence-corrected chi connectivity index (χ4v) is 7.99. The molecule has 57 heavy (non-hydrogen) atoms. The summed E-state index contributed by atoms with van der Waals surface area (Å²) in [4.78, 5) is 20.6. The standard InChI is InChI=1S/C52H32N4O/c1-4-14-33(15-5-1)39-21-12-24-44-47(39)43-31-30-38(32-45(43)53-48(44)35-16-6-2-7-17-35)52-55-50(36-18-8-3-9-19-36)54-51(56-52)37-28-26-34(27-29-37)40-22-13-23-42-41-20-10-11-25-46(41)57-49(40)42/h1-32H. The van der Waals surface area contributed by atoms with Crippen LogP contribution in [0.4, 0.5) is 0 Å². The molecule has 8 aromatic carbocycles. The van der Waals surface area contributed by atoms with Crippen LogP contribution in [-0.2, 0) is 0 Å². The summed E-state index contributed by atoms with van der Waals surface area (Å²) in [6, 6.07) is 66.8. The number of pyridine rings is 1. The van der Waals surface area contributed by atoms with Crippen molar-refractivity contribution in [3.63, 3.8) is 0 Å². The largest absolute Gasteiger partial charge is 0.455 e. The lowest BCUT2D eigenvalue weighted by molar-refractivity contribution is 0.670. The second kappa shape index (κ2) is 13.5. The predicted octanol–water partition coefficient (Wildman–Crippen LogP) is 13.5. The first-order valence-corrected chi connectivity index (χ1v) is 19.1. The molecular weight excluding hydrogens is 697 g/mol. The molecule has 0 amide bonds. The molecule has 0 spiro atoms. The van der Waals surface area contributed by atoms with Crippen molar-refractivity contribution in [3.8, 4) is 67.7 Å². The van der Waals surface area contributed by atoms with Crippen molar-refractivity contribution in [2.75, 3.05) is 0 Å². The van der Waals surface area contributed by atoms with Crippen molar-refractivity contribution in [1.29, 1.82) is 0 Å². The first kappa shape index (κ1) is 32.7. The number of para-hydroxylation sites is 2. The fraction of sp³-hybridized carbons (Fsp3) is 0. The van der Waals surface area contributed by atoms with Gasteiger partial charge in [-0.05, 0) is 28.8 Å². The van der Waals surface area contributed by atoms with E-state index in [0.29, 0.717) is 17.5 Å². The highest BCUT2D eigenvalue weighted by Gasteiger charge is 2.18. The molecule has 266 valence electrons. The third-order valence-corrected chi connectivity index (χ3v) is 10.7. The van der Waals surface area contributed by atoms with E-state index in [9.17, 15) is 0 Å². The number of hydrogen-bond donors (Lipinski definition) is 0. The van der Waals surface area contributed by atoms with E-state index >= 15 is 0 Å². The molecule has 0 saturated heterocycles. The monoisotopic (exact) mass is 728 g/mol. The Bertz CT molecular complexity index is 3270. The minimum absolute atomic E-state index is 0.580. The van der Waals surface area contributed by atoms with Crippen LogP contribution in [0.3, 0.4) is 0 Å². The average Bonchev–Trinajstić information content (AvgIpc) is 3.68. The maximum Gasteiger partial charge on any atom is 0.164 e. The number of aromatic nitrogens is 4. The maximum atomic E-state index is 6.36. The van der Waals surface area contributed by atoms with Crippen molar-refractivity contribution < 1.29 is 4.42 Å². The second-order valence-electron chi connectivity index (χ2n) is 14.2. The van der Waals surface area contributed by atoms with Crippen LogP contribution in [0.25, 0.3) is 111 Å². The van der Waals surface area contributed by atoms with Gasteiger partial charge in [-0.1, -0.05) is 182 Å². The van der Waals surface area contributed by atoms with Gasteiger partial charge in [0.2, 0.25) is 0 Å². The molecular formula is C52H32N4O. The first-order chi connectivity index (χ1) is 28.2. The molecule has 3 aromatic heterocycles. The van der Waals surface area contributed by atoms with Crippen molar-refractivity contribution >= 4 is 43.6 Å². The van der Waals surface area contributed by atoms with Gasteiger partial charge < -0.3 is 4.42 Å². The van der Waals surface area contributed by atoms with Crippen LogP contribution in [0.15, 0.2) is 199 Å². The van der Waals surface area contributed by atoms with Gasteiger partial charge in [-0.3, -0.25) is 0 Å². The van der Waals surface area contributed by atoms with Gasteiger partial charge in [-0.25, -0.2) is 19.9 Å². The van der Waals surface area contributed by atoms with Gasteiger partial charge in [-0.15, -0.1) is 0 Å². The summed E-state index contributed by atoms with van der Waals surface area (Å²) in [7, 11) is 0. The van der Waals surface area contributed by atoms with E-state index in [2.05, 4.69) is 140 Å². The Kier molecular flexibility index (Phi) is 7.74. The zero-order chi connectivity index (χ0) is 37.7. The summed E-state index contributed by atoms with van der Waals surface area (Å²) in [6.45, 7) is 0. The molecule has 0 aliphatic heterocycles. The summed E-state index contributed by atoms with van der Waals surface area (Å²) in [6.07, 6.45) is 0. The number of benzene rings is 8. The molecule has 0 atom stereocenters. The number of furan rings is 1. The molecule has 0 unspecified atom stereocenters. The summed E-state index contributed by atoms with van der Waals surface area (Å²) in [5, 5.41) is 5.56. The van der Waals surface area contributed by atoms with Gasteiger partial charge in [0.25, 0.3) is 0 Å². The molecule has 5 nitrogen and oxygen atoms in total. The molecule has 0 saturated carbocycles. The Morgan fingerprint density at radius 1 is 0.316 bits per heavy atom. The molecule has 0 bridgehead atoms. The number of fused-ring (bicyclic) bond motifs is 6. The van der Waals surface area contributed by atoms with Crippen LogP contribution >= 0.6 is 0 Å². The molecule has 11 rings (SSSR count). The highest BCUT2D eigenvalue weighted by atomic mass is 16.3. The second-order valence-corrected chi connectivity index (χ2v) is 14.2. The van der Waals surface area contributed by atoms with E-state index in [4.69, 9.17) is 24.4 Å². The van der Waals surface area contributed by atoms with E-state index in [1.807, 2.05) is 54.6 Å². The number of hydrogen-bond acceptors (Lipinski definition) is 5. The van der Waals surface area contributed by atoms with Crippen LogP contribution in [0.5, 0.6) is 0 Å². The Morgan fingerprint density at radius 3 is 1.54 bits per heavy atom. The normalized spacial score (nSPS) is 11.5. The Balaban J connectivity index is 1.07. The van der Waals surface area contributed by atoms with Gasteiger partial charge in [0.15, 0.2) is 17.5 Å². The molecule has 0 aliphatic rings. The zero-order valence-electron chi connectivity index (χ0n) is 30.7. The van der Waals surface area contributed by atoms with Crippen molar-refractivity contribution in [2.45, 2.75) is 0 Å². The van der Waals surface area contributed by atoms with Crippen molar-refractivity contribution in [3.05, 3.63) is 194 Å². The van der Waals surface area contributed by atoms with Crippen LogP contribution < -0.4 is 0 Å². The summed E-state index contributed by atoms with van der Waals surface area (Å²) in [5.41, 5.74) is 11.7. The lowest BCUT2D eigenvalue weighted by atomic mass is 9.92. The van der Waals surface area contributed by atoms with Gasteiger partial charge in [0, 0.05) is 54.7 Å². The third-order valence-electron chi connectivity index (χ3n) is 10.7. The molecule has 0 aliphatic carbocycles. The van der Waals surface area contributed by atoms with E-state index in [1.165, 1.54) is 10.9 Å². The maximum absolute atomic E-state index is 6.36. The van der Waals surface area contributed by atoms with Gasteiger partial charge in [0.05, 0.1) is 11.2 Å². The Labute approximate surface area is 328 Å². The minimum Gasteiger partial charge on any atom is -0.455 e. The topological polar surface area (TPSA) is 64.7 Å². The quantitative estimate of drug-likeness (QED) is 0.160. The van der Waals surface area contributed by atoms with E-state index < -0.39 is 0 Å². The molecule has 0 radical (unpaired) electrons. The highest BCUT2D eigenvalue weighted by Crippen LogP contribution is 2.40. The van der Waals surface area contributed by atoms with Crippen molar-refractivity contribution in [2.24, 2.45) is 0 Å². The molecule has 5 heteroatoms. The van der Waals surface area contributed by atoms with E-state index in [0.717, 1.165) is 82.9 Å². The fourth-order valence-electron chi connectivity index (χ4n) is 7.99. The lowest BCUT2D eigenvalue weighted by Gasteiger charge is -2.15. The third kappa shape index (κ3) is 5.72. The average molecular weight is 729 g/mol. The van der Waals surface area contributed by atoms with Gasteiger partial charge >= 0.3 is 0 Å². The summed E-state index contributed by atoms with van der Waals surface area (Å²) in [5.74, 6) is 1.78. The number of rotatable bonds is 6. The Morgan fingerprint density at radius 2 is 0.825 bits per heavy atom. The SMILES string of the molecule is c1ccc(-c2nc(-c3ccc(-c4cccc5c4oc4ccccc45)cc3)nc(-c3ccc4c(c3)nc(-c3ccccc3)c3cccc(-c5ccccc5)c34)n2)cc1. The predicted molar refractivity (Wildman–Crippen MR) is 233 cm³/mol. The van der Waals surface area contributed by atoms with Crippen LogP contribution in [0.1, 0.15) is 0 Å². The molecule has 0 fully saturated rings. The molecule has 11 aromatic rings. The summed E-state index contributed by atoms with van der Waals surface area (Å²) < 4.78 is 6.36. The van der Waals surface area contributed by atoms with Crippen LogP contribution in [-0.4, -0.2) is 19.9 Å². The minimum atomic E-state index is 0.580. The highest BCUT2D eigenvalue weighted by molar-refractivity contribution is 6.17. The lowest BCUT2D eigenvalue weighted by Crippen LogP contribution is -2.00. The van der Waals surface area contributed by atoms with Crippen LogP contribution in [0, 0.1) is 0 Å². The van der Waals surface area contributed by atoms with E-state index in [-0.39, 0.29) is 0 Å². The Hall–Kier alpha value is -7.76. The smallest absolute Gasteiger partial charge is 0.164 e. The van der Waals surface area contributed by atoms with Crippen LogP contribution in [0.2, 0.25) is 0 Å². The first-order valence-electron chi connectivity index (χ1n) is 19.1. The van der Waals surface area contributed by atoms with E-state index in [1.54, 1.807) is 0 Å². The number of nitrogens with zero attached hydrogens (tertiary/aromatic N) is 4.